The highest BCUT2D eigenvalue weighted by molar-refractivity contribution is 6.31. The van der Waals surface area contributed by atoms with Crippen molar-refractivity contribution in [3.63, 3.8) is 0 Å². The molecule has 0 aliphatic carbocycles. The van der Waals surface area contributed by atoms with Gasteiger partial charge in [-0.3, -0.25) is 9.48 Å². The summed E-state index contributed by atoms with van der Waals surface area (Å²) in [4.78, 5) is 12.5. The van der Waals surface area contributed by atoms with Gasteiger partial charge in [0.2, 0.25) is 0 Å². The van der Waals surface area contributed by atoms with Crippen molar-refractivity contribution < 1.29 is 22.7 Å². The monoisotopic (exact) mass is 437 g/mol. The highest BCUT2D eigenvalue weighted by Crippen LogP contribution is 2.19. The van der Waals surface area contributed by atoms with E-state index in [0.717, 1.165) is 11.3 Å². The van der Waals surface area contributed by atoms with E-state index in [2.05, 4.69) is 15.2 Å². The summed E-state index contributed by atoms with van der Waals surface area (Å²) < 4.78 is 43.0. The van der Waals surface area contributed by atoms with Gasteiger partial charge in [0.05, 0.1) is 13.2 Å². The highest BCUT2D eigenvalue weighted by Gasteiger charge is 2.27. The molecule has 1 N–H and O–H groups in total. The molecule has 0 bridgehead atoms. The summed E-state index contributed by atoms with van der Waals surface area (Å²) in [6, 6.07) is 15.4. The first-order chi connectivity index (χ1) is 14.2. The van der Waals surface area contributed by atoms with Crippen LogP contribution in [0.15, 0.2) is 54.6 Å². The fourth-order valence-electron chi connectivity index (χ4n) is 2.79. The minimum absolute atomic E-state index is 0.244. The first kappa shape index (κ1) is 21.9. The van der Waals surface area contributed by atoms with E-state index in [0.29, 0.717) is 28.5 Å². The second-order valence-electron chi connectivity index (χ2n) is 6.68. The summed E-state index contributed by atoms with van der Waals surface area (Å²) in [6.45, 7) is 0.725. The van der Waals surface area contributed by atoms with Gasteiger partial charge in [-0.15, -0.1) is 0 Å². The Kier molecular flexibility index (Phi) is 6.79. The van der Waals surface area contributed by atoms with Gasteiger partial charge in [-0.05, 0) is 36.2 Å². The summed E-state index contributed by atoms with van der Waals surface area (Å²) in [7, 11) is 0. The van der Waals surface area contributed by atoms with Gasteiger partial charge in [0.1, 0.15) is 6.61 Å². The molecule has 1 heterocycles. The number of hydrogen-bond donors (Lipinski definition) is 1. The molecular formula is C21H19ClF3N3O2. The maximum absolute atomic E-state index is 12.5. The lowest BCUT2D eigenvalue weighted by atomic mass is 10.1. The highest BCUT2D eigenvalue weighted by atomic mass is 35.5. The summed E-state index contributed by atoms with van der Waals surface area (Å²) in [5, 5.41) is 7.72. The number of benzene rings is 2. The van der Waals surface area contributed by atoms with Crippen LogP contribution in [-0.2, 0) is 17.9 Å². The average Bonchev–Trinajstić information content (AvgIpc) is 3.01. The van der Waals surface area contributed by atoms with E-state index < -0.39 is 18.7 Å². The van der Waals surface area contributed by atoms with Gasteiger partial charge in [-0.1, -0.05) is 41.9 Å². The molecule has 0 atom stereocenters. The minimum atomic E-state index is -4.39. The van der Waals surface area contributed by atoms with Crippen LogP contribution in [0.25, 0.3) is 0 Å². The topological polar surface area (TPSA) is 56.1 Å². The van der Waals surface area contributed by atoms with E-state index in [1.54, 1.807) is 35.0 Å². The van der Waals surface area contributed by atoms with Crippen molar-refractivity contribution >= 4 is 23.3 Å². The van der Waals surface area contributed by atoms with Crippen molar-refractivity contribution in [2.75, 3.05) is 11.9 Å². The number of halogens is 4. The molecule has 1 amide bonds. The number of alkyl halides is 3. The number of rotatable bonds is 7. The van der Waals surface area contributed by atoms with E-state index >= 15 is 0 Å². The first-order valence-corrected chi connectivity index (χ1v) is 9.42. The van der Waals surface area contributed by atoms with Crippen molar-refractivity contribution in [3.05, 3.63) is 82.0 Å². The smallest absolute Gasteiger partial charge is 0.367 e. The number of aryl methyl sites for hydroxylation is 1. The first-order valence-electron chi connectivity index (χ1n) is 9.04. The summed E-state index contributed by atoms with van der Waals surface area (Å²) in [6.07, 6.45) is -4.39. The molecule has 1 aromatic heterocycles. The van der Waals surface area contributed by atoms with Crippen molar-refractivity contribution in [1.82, 2.24) is 9.78 Å². The molecule has 0 spiro atoms. The SMILES string of the molecule is Cc1cc(NC(=O)c2cccc(COCC(F)(F)F)c2)nn1Cc1ccccc1Cl. The molecule has 30 heavy (non-hydrogen) atoms. The molecule has 0 saturated heterocycles. The Bertz CT molecular complexity index is 1030. The maximum Gasteiger partial charge on any atom is 0.411 e. The normalized spacial score (nSPS) is 11.5. The van der Waals surface area contributed by atoms with Gasteiger partial charge in [0.25, 0.3) is 5.91 Å². The molecule has 0 radical (unpaired) electrons. The largest absolute Gasteiger partial charge is 0.411 e. The molecule has 9 heteroatoms. The second kappa shape index (κ2) is 9.32. The minimum Gasteiger partial charge on any atom is -0.367 e. The van der Waals surface area contributed by atoms with Gasteiger partial charge < -0.3 is 10.1 Å². The number of aromatic nitrogens is 2. The summed E-state index contributed by atoms with van der Waals surface area (Å²) >= 11 is 6.19. The number of ether oxygens (including phenoxy) is 1. The van der Waals surface area contributed by atoms with Crippen LogP contribution in [0.4, 0.5) is 19.0 Å². The molecule has 0 aliphatic heterocycles. The standard InChI is InChI=1S/C21H19ClF3N3O2/c1-14-9-19(27-28(14)11-17-6-2-3-8-18(17)22)26-20(29)16-7-4-5-15(10-16)12-30-13-21(23,24)25/h2-10H,11-13H2,1H3,(H,26,27,29). The molecule has 3 rings (SSSR count). The van der Waals surface area contributed by atoms with Crippen LogP contribution in [0, 0.1) is 6.92 Å². The van der Waals surface area contributed by atoms with Gasteiger partial charge >= 0.3 is 6.18 Å². The zero-order chi connectivity index (χ0) is 21.7. The van der Waals surface area contributed by atoms with Crippen molar-refractivity contribution in [1.29, 1.82) is 0 Å². The van der Waals surface area contributed by atoms with E-state index in [1.807, 2.05) is 25.1 Å². The Hall–Kier alpha value is -2.84. The Morgan fingerprint density at radius 2 is 1.93 bits per heavy atom. The van der Waals surface area contributed by atoms with Crippen LogP contribution in [0.3, 0.4) is 0 Å². The molecule has 0 unspecified atom stereocenters. The Labute approximate surface area is 176 Å². The lowest BCUT2D eigenvalue weighted by Crippen LogP contribution is -2.17. The molecule has 0 saturated carbocycles. The van der Waals surface area contributed by atoms with Crippen LogP contribution in [-0.4, -0.2) is 28.5 Å². The number of carbonyl (C=O) groups excluding carboxylic acids is 1. The fraction of sp³-hybridized carbons (Fsp3) is 0.238. The van der Waals surface area contributed by atoms with E-state index in [-0.39, 0.29) is 6.61 Å². The quantitative estimate of drug-likeness (QED) is 0.551. The second-order valence-corrected chi connectivity index (χ2v) is 7.09. The molecule has 158 valence electrons. The molecule has 3 aromatic rings. The Morgan fingerprint density at radius 3 is 2.67 bits per heavy atom. The fourth-order valence-corrected chi connectivity index (χ4v) is 2.99. The average molecular weight is 438 g/mol. The van der Waals surface area contributed by atoms with Crippen molar-refractivity contribution in [2.24, 2.45) is 0 Å². The number of nitrogens with one attached hydrogen (secondary N) is 1. The predicted molar refractivity (Wildman–Crippen MR) is 108 cm³/mol. The zero-order valence-electron chi connectivity index (χ0n) is 16.0. The lowest BCUT2D eigenvalue weighted by Gasteiger charge is -2.09. The van der Waals surface area contributed by atoms with Gasteiger partial charge in [-0.2, -0.15) is 18.3 Å². The molecule has 5 nitrogen and oxygen atoms in total. The number of anilines is 1. The molecule has 0 fully saturated rings. The number of amides is 1. The lowest BCUT2D eigenvalue weighted by molar-refractivity contribution is -0.176. The van der Waals surface area contributed by atoms with E-state index in [9.17, 15) is 18.0 Å². The zero-order valence-corrected chi connectivity index (χ0v) is 16.8. The van der Waals surface area contributed by atoms with E-state index in [4.69, 9.17) is 11.6 Å². The predicted octanol–water partition coefficient (Wildman–Crippen LogP) is 5.22. The van der Waals surface area contributed by atoms with Gasteiger partial charge in [0, 0.05) is 22.3 Å². The number of carbonyl (C=O) groups is 1. The van der Waals surface area contributed by atoms with Gasteiger partial charge in [-0.25, -0.2) is 0 Å². The van der Waals surface area contributed by atoms with Crippen LogP contribution in [0.5, 0.6) is 0 Å². The number of nitrogens with zero attached hydrogens (tertiary/aromatic N) is 2. The third kappa shape index (κ3) is 6.08. The van der Waals surface area contributed by atoms with Crippen LogP contribution < -0.4 is 5.32 Å². The van der Waals surface area contributed by atoms with Crippen LogP contribution >= 0.6 is 11.6 Å². The number of hydrogen-bond acceptors (Lipinski definition) is 3. The van der Waals surface area contributed by atoms with Gasteiger partial charge in [0.15, 0.2) is 5.82 Å². The summed E-state index contributed by atoms with van der Waals surface area (Å²) in [5.41, 5.74) is 2.49. The maximum atomic E-state index is 12.5. The van der Waals surface area contributed by atoms with Crippen molar-refractivity contribution in [2.45, 2.75) is 26.3 Å². The van der Waals surface area contributed by atoms with Crippen LogP contribution in [0.1, 0.15) is 27.2 Å². The third-order valence-electron chi connectivity index (χ3n) is 4.22. The van der Waals surface area contributed by atoms with Crippen LogP contribution in [0.2, 0.25) is 5.02 Å². The summed E-state index contributed by atoms with van der Waals surface area (Å²) in [5.74, 6) is -0.0571. The van der Waals surface area contributed by atoms with Crippen molar-refractivity contribution in [3.8, 4) is 0 Å². The molecule has 2 aromatic carbocycles. The molecular weight excluding hydrogens is 419 g/mol. The third-order valence-corrected chi connectivity index (χ3v) is 4.59. The van der Waals surface area contributed by atoms with E-state index in [1.165, 1.54) is 6.07 Å². The Balaban J connectivity index is 1.65. The Morgan fingerprint density at radius 1 is 1.17 bits per heavy atom. The molecule has 0 aliphatic rings.